The molecule has 2 saturated heterocycles. The lowest BCUT2D eigenvalue weighted by Gasteiger charge is -2.42. The molecule has 6 rings (SSSR count). The van der Waals surface area contributed by atoms with E-state index in [-0.39, 0.29) is 31.9 Å². The van der Waals surface area contributed by atoms with Crippen molar-refractivity contribution in [2.45, 2.75) is 49.5 Å². The molecule has 3 aromatic rings. The van der Waals surface area contributed by atoms with Crippen molar-refractivity contribution in [2.24, 2.45) is 0 Å². The molecule has 18 heteroatoms. The third-order valence-corrected chi connectivity index (χ3v) is 12.1. The van der Waals surface area contributed by atoms with Crippen LogP contribution in [0.5, 0.6) is 5.88 Å². The van der Waals surface area contributed by atoms with Crippen LogP contribution in [0, 0.1) is 6.92 Å². The Morgan fingerprint density at radius 2 is 1.60 bits per heavy atom. The number of carboxylic acids is 2. The second kappa shape index (κ2) is 17.0. The molecule has 5 heterocycles. The van der Waals surface area contributed by atoms with Crippen molar-refractivity contribution in [2.75, 3.05) is 57.7 Å². The molecule has 52 heavy (non-hydrogen) atoms. The summed E-state index contributed by atoms with van der Waals surface area (Å²) >= 11 is 7.45. The van der Waals surface area contributed by atoms with Crippen LogP contribution in [0.2, 0.25) is 5.02 Å². The molecule has 15 nitrogen and oxygen atoms in total. The first-order valence-corrected chi connectivity index (χ1v) is 19.0. The van der Waals surface area contributed by atoms with Gasteiger partial charge in [0.1, 0.15) is 4.21 Å². The number of rotatable bonds is 6. The summed E-state index contributed by atoms with van der Waals surface area (Å²) in [6, 6.07) is 9.49. The molecule has 2 N–H and O–H groups in total. The van der Waals surface area contributed by atoms with E-state index in [1.807, 2.05) is 0 Å². The van der Waals surface area contributed by atoms with Gasteiger partial charge in [-0.05, 0) is 87.2 Å². The average molecular weight is 780 g/mol. The lowest BCUT2D eigenvalue weighted by molar-refractivity contribution is -0.135. The highest BCUT2D eigenvalue weighted by Crippen LogP contribution is 2.52. The number of ether oxygens (including phenoxy) is 2. The number of piperidine rings is 1. The summed E-state index contributed by atoms with van der Waals surface area (Å²) in [7, 11) is -0.888. The fourth-order valence-electron chi connectivity index (χ4n) is 6.26. The number of anilines is 1. The van der Waals surface area contributed by atoms with E-state index in [0.29, 0.717) is 36.5 Å². The number of likely N-dealkylation sites (tertiary alicyclic amines) is 1. The van der Waals surface area contributed by atoms with Gasteiger partial charge < -0.3 is 29.5 Å². The summed E-state index contributed by atoms with van der Waals surface area (Å²) in [6.45, 7) is 8.15. The van der Waals surface area contributed by atoms with Crippen LogP contribution in [0.4, 0.5) is 10.5 Å². The molecule has 2 amide bonds. The lowest BCUT2D eigenvalue weighted by atomic mass is 9.87. The Morgan fingerprint density at radius 1 is 0.981 bits per heavy atom. The highest BCUT2D eigenvalue weighted by molar-refractivity contribution is 7.95. The number of hydrogen-bond donors (Lipinski definition) is 2. The number of aliphatic carboxylic acids is 2. The predicted molar refractivity (Wildman–Crippen MR) is 194 cm³/mol. The fourth-order valence-corrected chi connectivity index (χ4v) is 9.19. The van der Waals surface area contributed by atoms with Crippen LogP contribution >= 0.6 is 22.9 Å². The predicted octanol–water partition coefficient (Wildman–Crippen LogP) is 4.12. The maximum absolute atomic E-state index is 14.7. The number of methoxy groups -OCH3 is 1. The summed E-state index contributed by atoms with van der Waals surface area (Å²) in [5, 5.41) is 16.8. The first-order chi connectivity index (χ1) is 24.5. The van der Waals surface area contributed by atoms with Gasteiger partial charge in [0.2, 0.25) is 5.88 Å². The van der Waals surface area contributed by atoms with Gasteiger partial charge in [0.05, 0.1) is 18.4 Å². The molecule has 0 radical (unpaired) electrons. The standard InChI is InChI=1S/C30H34ClN5O6S2.2C2H4O2/c1-20-17-26(43-19-20)44(39,40)36-25-7-6-21(31)18-24(25)30(28(36)37,23-5-4-10-32-27(23)41-3)42-29(38)35-15-13-34(14-16-35)22-8-11-33(2)12-9-22;2*1-2(3)4/h4-7,10,17-19,22H,8-9,11-16H2,1-3H3;2*1H3,(H,3,4). The number of carbonyl (C=O) groups excluding carboxylic acids is 2. The molecule has 0 bridgehead atoms. The minimum absolute atomic E-state index is 0.0119. The van der Waals surface area contributed by atoms with Gasteiger partial charge in [0, 0.05) is 62.9 Å². The zero-order valence-corrected chi connectivity index (χ0v) is 31.8. The summed E-state index contributed by atoms with van der Waals surface area (Å²) in [5.74, 6) is -2.64. The van der Waals surface area contributed by atoms with Crippen molar-refractivity contribution in [3.63, 3.8) is 0 Å². The van der Waals surface area contributed by atoms with Crippen LogP contribution in [0.3, 0.4) is 0 Å². The lowest BCUT2D eigenvalue weighted by Crippen LogP contribution is -2.55. The van der Waals surface area contributed by atoms with Gasteiger partial charge in [-0.15, -0.1) is 11.3 Å². The number of carbonyl (C=O) groups is 4. The third-order valence-electron chi connectivity index (χ3n) is 8.60. The van der Waals surface area contributed by atoms with Gasteiger partial charge in [-0.2, -0.15) is 12.7 Å². The quantitative estimate of drug-likeness (QED) is 0.364. The molecule has 282 valence electrons. The number of thiophene rings is 1. The second-order valence-electron chi connectivity index (χ2n) is 12.4. The van der Waals surface area contributed by atoms with Crippen LogP contribution in [-0.4, -0.2) is 122 Å². The summed E-state index contributed by atoms with van der Waals surface area (Å²) < 4.78 is 40.6. The summed E-state index contributed by atoms with van der Waals surface area (Å²) in [4.78, 5) is 57.3. The number of piperazine rings is 1. The zero-order chi connectivity index (χ0) is 38.4. The minimum atomic E-state index is -4.39. The van der Waals surface area contributed by atoms with E-state index in [9.17, 15) is 18.0 Å². The molecule has 1 unspecified atom stereocenters. The van der Waals surface area contributed by atoms with Crippen molar-refractivity contribution in [1.82, 2.24) is 19.7 Å². The Balaban J connectivity index is 0.000000687. The van der Waals surface area contributed by atoms with Gasteiger partial charge >= 0.3 is 6.09 Å². The monoisotopic (exact) mass is 779 g/mol. The number of amides is 2. The Kier molecular flexibility index (Phi) is 13.3. The number of halogens is 1. The first kappa shape index (κ1) is 40.5. The topological polar surface area (TPSA) is 187 Å². The van der Waals surface area contributed by atoms with Gasteiger partial charge in [-0.1, -0.05) is 11.6 Å². The van der Waals surface area contributed by atoms with Crippen LogP contribution in [0.25, 0.3) is 0 Å². The van der Waals surface area contributed by atoms with Gasteiger partial charge in [0.15, 0.2) is 0 Å². The van der Waals surface area contributed by atoms with Crippen LogP contribution in [0.15, 0.2) is 52.2 Å². The maximum Gasteiger partial charge on any atom is 0.411 e. The summed E-state index contributed by atoms with van der Waals surface area (Å²) in [5.41, 5.74) is -1.26. The minimum Gasteiger partial charge on any atom is -0.481 e. The number of fused-ring (bicyclic) bond motifs is 1. The number of nitrogens with zero attached hydrogens (tertiary/aromatic N) is 5. The first-order valence-electron chi connectivity index (χ1n) is 16.3. The van der Waals surface area contributed by atoms with Crippen molar-refractivity contribution in [3.05, 3.63) is 69.7 Å². The number of benzene rings is 1. The number of aromatic nitrogens is 1. The zero-order valence-electron chi connectivity index (χ0n) is 29.4. The van der Waals surface area contributed by atoms with Crippen molar-refractivity contribution >= 4 is 62.6 Å². The van der Waals surface area contributed by atoms with E-state index < -0.39 is 39.6 Å². The molecule has 3 aliphatic rings. The molecule has 2 fully saturated rings. The fraction of sp³-hybridized carbons (Fsp3) is 0.441. The normalized spacial score (nSPS) is 19.5. The smallest absolute Gasteiger partial charge is 0.411 e. The Bertz CT molecular complexity index is 1870. The molecular weight excluding hydrogens is 738 g/mol. The highest BCUT2D eigenvalue weighted by Gasteiger charge is 2.61. The molecule has 0 spiro atoms. The Hall–Kier alpha value is -4.29. The van der Waals surface area contributed by atoms with Gasteiger partial charge in [-0.3, -0.25) is 19.3 Å². The number of hydrogen-bond acceptors (Lipinski definition) is 12. The molecule has 2 aromatic heterocycles. The number of sulfonamides is 1. The number of aryl methyl sites for hydroxylation is 1. The van der Waals surface area contributed by atoms with E-state index >= 15 is 0 Å². The third kappa shape index (κ3) is 8.83. The summed E-state index contributed by atoms with van der Waals surface area (Å²) in [6.07, 6.45) is 2.88. The highest BCUT2D eigenvalue weighted by atomic mass is 35.5. The SMILES string of the molecule is CC(=O)O.CC(=O)O.COc1ncccc1C1(OC(=O)N2CCN(C3CCN(C)CC3)CC2)C(=O)N(S(=O)(=O)c2cc(C)cs2)c2ccc(Cl)cc21. The number of pyridine rings is 1. The van der Waals surface area contributed by atoms with E-state index in [2.05, 4.69) is 21.8 Å². The van der Waals surface area contributed by atoms with Crippen LogP contribution in [0.1, 0.15) is 43.4 Å². The molecular formula is C34H42ClN5O10S2. The molecule has 0 aliphatic carbocycles. The van der Waals surface area contributed by atoms with Crippen LogP contribution in [-0.2, 0) is 34.7 Å². The van der Waals surface area contributed by atoms with Crippen LogP contribution < -0.4 is 9.04 Å². The maximum atomic E-state index is 14.7. The van der Waals surface area contributed by atoms with Gasteiger partial charge in [-0.25, -0.2) is 9.78 Å². The Labute approximate surface area is 311 Å². The molecule has 0 saturated carbocycles. The second-order valence-corrected chi connectivity index (χ2v) is 15.7. The van der Waals surface area contributed by atoms with E-state index in [0.717, 1.165) is 56.7 Å². The average Bonchev–Trinajstić information content (AvgIpc) is 3.64. The molecule has 1 atom stereocenters. The Morgan fingerprint density at radius 3 is 2.15 bits per heavy atom. The number of carboxylic acid groups (broad SMARTS) is 2. The largest absolute Gasteiger partial charge is 0.481 e. The molecule has 3 aliphatic heterocycles. The van der Waals surface area contributed by atoms with E-state index in [1.165, 1.54) is 37.6 Å². The van der Waals surface area contributed by atoms with Crippen molar-refractivity contribution in [3.8, 4) is 5.88 Å². The molecule has 1 aromatic carbocycles. The van der Waals surface area contributed by atoms with Crippen molar-refractivity contribution < 1.29 is 47.3 Å². The van der Waals surface area contributed by atoms with E-state index in [4.69, 9.17) is 40.9 Å². The van der Waals surface area contributed by atoms with Gasteiger partial charge in [0.25, 0.3) is 33.5 Å². The van der Waals surface area contributed by atoms with E-state index in [1.54, 1.807) is 29.3 Å². The van der Waals surface area contributed by atoms with Crippen molar-refractivity contribution in [1.29, 1.82) is 0 Å².